The fraction of sp³-hybridized carbons (Fsp3) is 0.160. The minimum Gasteiger partial charge on any atom is -0.496 e. The number of hydrogen-bond donors (Lipinski definition) is 0. The highest BCUT2D eigenvalue weighted by atomic mass is 32.2. The molecule has 3 aromatic carbocycles. The summed E-state index contributed by atoms with van der Waals surface area (Å²) in [6.45, 7) is 2.42. The molecule has 2 aromatic heterocycles. The van der Waals surface area contributed by atoms with E-state index in [2.05, 4.69) is 41.4 Å². The first-order chi connectivity index (χ1) is 15.7. The highest BCUT2D eigenvalue weighted by Gasteiger charge is 2.18. The van der Waals surface area contributed by atoms with E-state index in [1.807, 2.05) is 52.9 Å². The van der Waals surface area contributed by atoms with Crippen molar-refractivity contribution in [3.05, 3.63) is 99.8 Å². The van der Waals surface area contributed by atoms with Crippen LogP contribution >= 0.6 is 11.8 Å². The van der Waals surface area contributed by atoms with Gasteiger partial charge in [-0.2, -0.15) is 0 Å². The lowest BCUT2D eigenvalue weighted by atomic mass is 10.2. The van der Waals surface area contributed by atoms with Gasteiger partial charge in [-0.15, -0.1) is 10.2 Å². The summed E-state index contributed by atoms with van der Waals surface area (Å²) in [6.07, 6.45) is 0. The van der Waals surface area contributed by atoms with Crippen LogP contribution in [0.2, 0.25) is 0 Å². The summed E-state index contributed by atoms with van der Waals surface area (Å²) in [7, 11) is 1.63. The Balaban J connectivity index is 1.63. The van der Waals surface area contributed by atoms with E-state index in [4.69, 9.17) is 4.74 Å². The van der Waals surface area contributed by atoms with E-state index >= 15 is 0 Å². The molecule has 5 aromatic rings. The molecule has 0 saturated heterocycles. The molecule has 6 nitrogen and oxygen atoms in total. The second-order valence-corrected chi connectivity index (χ2v) is 8.56. The zero-order valence-electron chi connectivity index (χ0n) is 17.9. The summed E-state index contributed by atoms with van der Waals surface area (Å²) in [4.78, 5) is 13.4. The highest BCUT2D eigenvalue weighted by Crippen LogP contribution is 2.26. The van der Waals surface area contributed by atoms with Crippen molar-refractivity contribution in [3.8, 4) is 5.75 Å². The van der Waals surface area contributed by atoms with E-state index in [1.54, 1.807) is 23.4 Å². The smallest absolute Gasteiger partial charge is 0.263 e. The predicted octanol–water partition coefficient (Wildman–Crippen LogP) is 4.70. The second kappa shape index (κ2) is 8.51. The molecule has 0 aliphatic rings. The van der Waals surface area contributed by atoms with Gasteiger partial charge in [-0.3, -0.25) is 13.8 Å². The van der Waals surface area contributed by atoms with E-state index in [9.17, 15) is 4.79 Å². The Morgan fingerprint density at radius 1 is 0.938 bits per heavy atom. The first-order valence-electron chi connectivity index (χ1n) is 10.3. The quantitative estimate of drug-likeness (QED) is 0.357. The number of fused-ring (bicyclic) bond motifs is 3. The number of hydrogen-bond acceptors (Lipinski definition) is 5. The molecular formula is C25H22N4O2S. The number of rotatable bonds is 6. The van der Waals surface area contributed by atoms with Crippen molar-refractivity contribution in [2.45, 2.75) is 24.4 Å². The maximum atomic E-state index is 13.4. The number of methoxy groups -OCH3 is 1. The van der Waals surface area contributed by atoms with Crippen LogP contribution in [0.5, 0.6) is 5.75 Å². The molecule has 0 unspecified atom stereocenters. The average Bonchev–Trinajstić information content (AvgIpc) is 3.25. The largest absolute Gasteiger partial charge is 0.496 e. The minimum atomic E-state index is -0.0958. The Bertz CT molecular complexity index is 1470. The summed E-state index contributed by atoms with van der Waals surface area (Å²) in [5.74, 6) is 2.02. The Morgan fingerprint density at radius 3 is 2.50 bits per heavy atom. The van der Waals surface area contributed by atoms with Crippen LogP contribution in [-0.4, -0.2) is 26.3 Å². The molecule has 0 radical (unpaired) electrons. The fourth-order valence-electron chi connectivity index (χ4n) is 3.81. The molecule has 160 valence electrons. The molecule has 7 heteroatoms. The van der Waals surface area contributed by atoms with Crippen LogP contribution < -0.4 is 10.3 Å². The lowest BCUT2D eigenvalue weighted by molar-refractivity contribution is 0.408. The number of nitrogens with zero attached hydrogens (tertiary/aromatic N) is 4. The predicted molar refractivity (Wildman–Crippen MR) is 128 cm³/mol. The van der Waals surface area contributed by atoms with Crippen LogP contribution in [0.3, 0.4) is 0 Å². The van der Waals surface area contributed by atoms with Gasteiger partial charge in [0.05, 0.1) is 24.6 Å². The molecule has 0 spiro atoms. The van der Waals surface area contributed by atoms with Crippen molar-refractivity contribution < 1.29 is 4.74 Å². The van der Waals surface area contributed by atoms with Gasteiger partial charge in [0.2, 0.25) is 5.78 Å². The first-order valence-corrected chi connectivity index (χ1v) is 11.3. The number of benzene rings is 3. The van der Waals surface area contributed by atoms with Gasteiger partial charge in [0.25, 0.3) is 5.56 Å². The van der Waals surface area contributed by atoms with Gasteiger partial charge in [-0.05, 0) is 30.7 Å². The second-order valence-electron chi connectivity index (χ2n) is 7.61. The maximum Gasteiger partial charge on any atom is 0.263 e. The fourth-order valence-corrected chi connectivity index (χ4v) is 4.70. The van der Waals surface area contributed by atoms with Crippen LogP contribution in [0, 0.1) is 6.92 Å². The Kier molecular flexibility index (Phi) is 5.41. The number of ether oxygens (including phenoxy) is 1. The van der Waals surface area contributed by atoms with Gasteiger partial charge in [0.15, 0.2) is 5.16 Å². The molecule has 0 N–H and O–H groups in total. The molecule has 0 amide bonds. The molecule has 0 bridgehead atoms. The van der Waals surface area contributed by atoms with Crippen molar-refractivity contribution in [1.29, 1.82) is 0 Å². The third-order valence-corrected chi connectivity index (χ3v) is 6.49. The van der Waals surface area contributed by atoms with Crippen molar-refractivity contribution in [2.75, 3.05) is 7.11 Å². The molecule has 0 atom stereocenters. The van der Waals surface area contributed by atoms with Crippen LogP contribution in [0.25, 0.3) is 16.7 Å². The zero-order valence-corrected chi connectivity index (χ0v) is 18.7. The Labute approximate surface area is 189 Å². The molecule has 2 heterocycles. The standard InChI is InChI=1S/C25H22N4O2S/c1-17-11-13-18(14-12-17)16-32-25-27-26-24-28(15-19-7-3-6-10-22(19)31-2)23(30)20-8-4-5-9-21(20)29(24)25/h3-14H,15-16H2,1-2H3. The van der Waals surface area contributed by atoms with E-state index < -0.39 is 0 Å². The summed E-state index contributed by atoms with van der Waals surface area (Å²) in [5.41, 5.74) is 4.06. The van der Waals surface area contributed by atoms with Gasteiger partial charge in [-0.25, -0.2) is 0 Å². The summed E-state index contributed by atoms with van der Waals surface area (Å²) < 4.78 is 9.14. The summed E-state index contributed by atoms with van der Waals surface area (Å²) in [6, 6.07) is 23.8. The van der Waals surface area contributed by atoms with Crippen LogP contribution in [0.4, 0.5) is 0 Å². The molecule has 32 heavy (non-hydrogen) atoms. The molecule has 0 saturated carbocycles. The SMILES string of the molecule is COc1ccccc1Cn1c(=O)c2ccccc2n2c(SCc3ccc(C)cc3)nnc12. The van der Waals surface area contributed by atoms with Crippen molar-refractivity contribution in [2.24, 2.45) is 0 Å². The lowest BCUT2D eigenvalue weighted by Gasteiger charge is -2.13. The van der Waals surface area contributed by atoms with Gasteiger partial charge in [-0.1, -0.05) is 71.9 Å². The minimum absolute atomic E-state index is 0.0958. The van der Waals surface area contributed by atoms with Crippen LogP contribution in [0.15, 0.2) is 82.7 Å². The van der Waals surface area contributed by atoms with Crippen molar-refractivity contribution in [3.63, 3.8) is 0 Å². The molecule has 0 fully saturated rings. The first kappa shape index (κ1) is 20.3. The topological polar surface area (TPSA) is 61.4 Å². The number of para-hydroxylation sites is 2. The van der Waals surface area contributed by atoms with Gasteiger partial charge < -0.3 is 4.74 Å². The van der Waals surface area contributed by atoms with E-state index in [-0.39, 0.29) is 5.56 Å². The lowest BCUT2D eigenvalue weighted by Crippen LogP contribution is -2.24. The number of thioether (sulfide) groups is 1. The third kappa shape index (κ3) is 3.65. The molecule has 0 aliphatic heterocycles. The normalized spacial score (nSPS) is 11.3. The maximum absolute atomic E-state index is 13.4. The number of aryl methyl sites for hydroxylation is 1. The van der Waals surface area contributed by atoms with Crippen LogP contribution in [-0.2, 0) is 12.3 Å². The molecule has 0 aliphatic carbocycles. The van der Waals surface area contributed by atoms with Gasteiger partial charge in [0, 0.05) is 11.3 Å². The molecular weight excluding hydrogens is 420 g/mol. The molecule has 5 rings (SSSR count). The monoisotopic (exact) mass is 442 g/mol. The van der Waals surface area contributed by atoms with Gasteiger partial charge in [0.1, 0.15) is 5.75 Å². The van der Waals surface area contributed by atoms with Crippen molar-refractivity contribution >= 4 is 28.4 Å². The van der Waals surface area contributed by atoms with Gasteiger partial charge >= 0.3 is 0 Å². The Hall–Kier alpha value is -3.58. The van der Waals surface area contributed by atoms with Crippen molar-refractivity contribution in [1.82, 2.24) is 19.2 Å². The summed E-state index contributed by atoms with van der Waals surface area (Å²) >= 11 is 1.61. The average molecular weight is 443 g/mol. The number of aromatic nitrogens is 4. The van der Waals surface area contributed by atoms with Crippen LogP contribution in [0.1, 0.15) is 16.7 Å². The van der Waals surface area contributed by atoms with E-state index in [0.717, 1.165) is 27.7 Å². The highest BCUT2D eigenvalue weighted by molar-refractivity contribution is 7.98. The summed E-state index contributed by atoms with van der Waals surface area (Å²) in [5, 5.41) is 10.3. The van der Waals surface area contributed by atoms with E-state index in [1.165, 1.54) is 11.1 Å². The van der Waals surface area contributed by atoms with E-state index in [0.29, 0.717) is 17.7 Å². The third-order valence-electron chi connectivity index (χ3n) is 5.49. The zero-order chi connectivity index (χ0) is 22.1. The Morgan fingerprint density at radius 2 is 1.69 bits per heavy atom.